The lowest BCUT2D eigenvalue weighted by Gasteiger charge is -2.23. The van der Waals surface area contributed by atoms with Gasteiger partial charge >= 0.3 is 0 Å². The van der Waals surface area contributed by atoms with Gasteiger partial charge in [0.1, 0.15) is 0 Å². The summed E-state index contributed by atoms with van der Waals surface area (Å²) in [6.45, 7) is 1.45. The minimum absolute atomic E-state index is 0.272. The van der Waals surface area contributed by atoms with Gasteiger partial charge in [0.25, 0.3) is 0 Å². The van der Waals surface area contributed by atoms with E-state index in [1.165, 1.54) is 9.75 Å². The van der Waals surface area contributed by atoms with Gasteiger partial charge in [-0.15, -0.1) is 22.7 Å². The molecule has 1 atom stereocenters. The normalized spacial score (nSPS) is 17.2. The topological polar surface area (TPSA) is 20.3 Å². The Labute approximate surface area is 133 Å². The van der Waals surface area contributed by atoms with E-state index in [9.17, 15) is 4.79 Å². The minimum atomic E-state index is 0.272. The Kier molecular flexibility index (Phi) is 4.88. The van der Waals surface area contributed by atoms with Crippen molar-refractivity contribution in [1.29, 1.82) is 0 Å². The highest BCUT2D eigenvalue weighted by molar-refractivity contribution is 7.10. The second-order valence-electron chi connectivity index (χ2n) is 5.38. The van der Waals surface area contributed by atoms with Gasteiger partial charge < -0.3 is 4.90 Å². The van der Waals surface area contributed by atoms with Crippen LogP contribution in [0.4, 0.5) is 0 Å². The lowest BCUT2D eigenvalue weighted by atomic mass is 10.0. The van der Waals surface area contributed by atoms with Gasteiger partial charge in [0.2, 0.25) is 5.91 Å². The Bertz CT molecular complexity index is 550. The molecule has 0 saturated carbocycles. The lowest BCUT2D eigenvalue weighted by molar-refractivity contribution is -0.133. The molecule has 0 radical (unpaired) electrons. The molecule has 1 unspecified atom stereocenters. The average Bonchev–Trinajstić information content (AvgIpc) is 3.21. The summed E-state index contributed by atoms with van der Waals surface area (Å²) < 4.78 is 0. The molecule has 0 aliphatic heterocycles. The first-order valence-electron chi connectivity index (χ1n) is 7.30. The van der Waals surface area contributed by atoms with Crippen molar-refractivity contribution in [2.75, 3.05) is 0 Å². The summed E-state index contributed by atoms with van der Waals surface area (Å²) in [7, 11) is 0. The minimum Gasteiger partial charge on any atom is -0.332 e. The van der Waals surface area contributed by atoms with Crippen LogP contribution in [0.15, 0.2) is 47.2 Å². The van der Waals surface area contributed by atoms with Crippen LogP contribution in [-0.4, -0.2) is 10.8 Å². The monoisotopic (exact) mass is 317 g/mol. The fourth-order valence-electron chi connectivity index (χ4n) is 2.63. The number of hydrogen-bond donors (Lipinski definition) is 0. The van der Waals surface area contributed by atoms with Gasteiger partial charge in [-0.3, -0.25) is 4.79 Å². The molecular formula is C17H19NOS2. The van der Waals surface area contributed by atoms with E-state index in [-0.39, 0.29) is 5.91 Å². The molecule has 0 spiro atoms. The van der Waals surface area contributed by atoms with Gasteiger partial charge in [-0.05, 0) is 41.7 Å². The van der Waals surface area contributed by atoms with Gasteiger partial charge in [0, 0.05) is 16.2 Å². The first kappa shape index (κ1) is 14.5. The van der Waals surface area contributed by atoms with Gasteiger partial charge in [-0.2, -0.15) is 0 Å². The lowest BCUT2D eigenvalue weighted by Crippen LogP contribution is -2.30. The second kappa shape index (κ2) is 7.05. The highest BCUT2D eigenvalue weighted by Crippen LogP contribution is 2.24. The summed E-state index contributed by atoms with van der Waals surface area (Å²) in [6.07, 6.45) is 7.28. The molecule has 2 aromatic heterocycles. The first-order chi connectivity index (χ1) is 10.3. The zero-order valence-corrected chi connectivity index (χ0v) is 13.5. The van der Waals surface area contributed by atoms with Crippen LogP contribution >= 0.6 is 22.7 Å². The van der Waals surface area contributed by atoms with Crippen LogP contribution in [0.3, 0.4) is 0 Å². The van der Waals surface area contributed by atoms with Crippen LogP contribution in [0.5, 0.6) is 0 Å². The highest BCUT2D eigenvalue weighted by atomic mass is 32.1. The van der Waals surface area contributed by atoms with Crippen molar-refractivity contribution >= 4 is 28.6 Å². The van der Waals surface area contributed by atoms with Crippen molar-refractivity contribution in [3.63, 3.8) is 0 Å². The maximum atomic E-state index is 12.7. The fourth-order valence-corrected chi connectivity index (χ4v) is 4.07. The zero-order chi connectivity index (χ0) is 14.5. The number of amides is 1. The molecule has 1 aliphatic rings. The molecule has 21 heavy (non-hydrogen) atoms. The Morgan fingerprint density at radius 2 is 1.81 bits per heavy atom. The predicted octanol–water partition coefficient (Wildman–Crippen LogP) is 4.69. The molecule has 4 heteroatoms. The number of nitrogens with zero attached hydrogens (tertiary/aromatic N) is 1. The van der Waals surface area contributed by atoms with Gasteiger partial charge in [-0.1, -0.05) is 24.3 Å². The molecular weight excluding hydrogens is 298 g/mol. The van der Waals surface area contributed by atoms with Crippen LogP contribution < -0.4 is 0 Å². The van der Waals surface area contributed by atoms with Gasteiger partial charge in [-0.25, -0.2) is 0 Å². The molecule has 0 N–H and O–H groups in total. The van der Waals surface area contributed by atoms with E-state index in [2.05, 4.69) is 35.0 Å². The summed E-state index contributed by atoms with van der Waals surface area (Å²) in [5.74, 6) is 0.708. The molecule has 0 fully saturated rings. The Morgan fingerprint density at radius 1 is 1.14 bits per heavy atom. The zero-order valence-electron chi connectivity index (χ0n) is 11.9. The molecule has 2 aromatic rings. The SMILES string of the molecule is O=C(CC1C=CCC1)N(Cc1cccs1)Cc1cccs1. The van der Waals surface area contributed by atoms with E-state index in [0.29, 0.717) is 12.3 Å². The molecule has 1 amide bonds. The molecule has 2 nitrogen and oxygen atoms in total. The summed E-state index contributed by atoms with van der Waals surface area (Å²) in [5.41, 5.74) is 0. The average molecular weight is 317 g/mol. The fraction of sp³-hybridized carbons (Fsp3) is 0.353. The third kappa shape index (κ3) is 4.05. The maximum absolute atomic E-state index is 12.7. The van der Waals surface area contributed by atoms with E-state index in [0.717, 1.165) is 25.9 Å². The van der Waals surface area contributed by atoms with Crippen molar-refractivity contribution in [3.05, 3.63) is 56.9 Å². The number of hydrogen-bond acceptors (Lipinski definition) is 3. The Hall–Kier alpha value is -1.39. The van der Waals surface area contributed by atoms with E-state index in [1.807, 2.05) is 17.0 Å². The second-order valence-corrected chi connectivity index (χ2v) is 7.44. The quantitative estimate of drug-likeness (QED) is 0.708. The summed E-state index contributed by atoms with van der Waals surface area (Å²) in [6, 6.07) is 8.31. The van der Waals surface area contributed by atoms with Crippen LogP contribution in [0.2, 0.25) is 0 Å². The van der Waals surface area contributed by atoms with Crippen LogP contribution in [0, 0.1) is 5.92 Å². The van der Waals surface area contributed by atoms with E-state index < -0.39 is 0 Å². The van der Waals surface area contributed by atoms with Crippen molar-refractivity contribution < 1.29 is 4.79 Å². The molecule has 0 saturated heterocycles. The van der Waals surface area contributed by atoms with Crippen LogP contribution in [0.1, 0.15) is 29.0 Å². The summed E-state index contributed by atoms with van der Waals surface area (Å²) >= 11 is 3.44. The van der Waals surface area contributed by atoms with Crippen molar-refractivity contribution in [3.8, 4) is 0 Å². The van der Waals surface area contributed by atoms with Gasteiger partial charge in [0.15, 0.2) is 0 Å². The Balaban J connectivity index is 1.67. The van der Waals surface area contributed by atoms with Crippen molar-refractivity contribution in [1.82, 2.24) is 4.90 Å². The standard InChI is InChI=1S/C17H19NOS2/c19-17(11-14-5-1-2-6-14)18(12-15-7-3-9-20-15)13-16-8-4-10-21-16/h1,3-5,7-10,14H,2,6,11-13H2. The number of carbonyl (C=O) groups is 1. The van der Waals surface area contributed by atoms with Crippen LogP contribution in [0.25, 0.3) is 0 Å². The van der Waals surface area contributed by atoms with E-state index in [4.69, 9.17) is 0 Å². The van der Waals surface area contributed by atoms with Crippen LogP contribution in [-0.2, 0) is 17.9 Å². The molecule has 0 bridgehead atoms. The molecule has 110 valence electrons. The highest BCUT2D eigenvalue weighted by Gasteiger charge is 2.20. The van der Waals surface area contributed by atoms with Crippen molar-refractivity contribution in [2.24, 2.45) is 5.92 Å². The first-order valence-corrected chi connectivity index (χ1v) is 9.06. The van der Waals surface area contributed by atoms with E-state index in [1.54, 1.807) is 22.7 Å². The molecule has 2 heterocycles. The number of rotatable bonds is 6. The molecule has 0 aromatic carbocycles. The maximum Gasteiger partial charge on any atom is 0.223 e. The Morgan fingerprint density at radius 3 is 2.29 bits per heavy atom. The number of thiophene rings is 2. The molecule has 1 aliphatic carbocycles. The van der Waals surface area contributed by atoms with Crippen molar-refractivity contribution in [2.45, 2.75) is 32.4 Å². The largest absolute Gasteiger partial charge is 0.332 e. The predicted molar refractivity (Wildman–Crippen MR) is 89.4 cm³/mol. The third-order valence-electron chi connectivity index (χ3n) is 3.76. The van der Waals surface area contributed by atoms with E-state index >= 15 is 0 Å². The number of carbonyl (C=O) groups excluding carboxylic acids is 1. The third-order valence-corrected chi connectivity index (χ3v) is 5.48. The number of allylic oxidation sites excluding steroid dienone is 2. The smallest absolute Gasteiger partial charge is 0.223 e. The van der Waals surface area contributed by atoms with Gasteiger partial charge in [0.05, 0.1) is 13.1 Å². The summed E-state index contributed by atoms with van der Waals surface area (Å²) in [4.78, 5) is 17.2. The summed E-state index contributed by atoms with van der Waals surface area (Å²) in [5, 5.41) is 4.14. The molecule has 3 rings (SSSR count).